The molecule has 0 spiro atoms. The van der Waals surface area contributed by atoms with Crippen molar-refractivity contribution in [1.82, 2.24) is 4.98 Å². The molecule has 0 bridgehead atoms. The third-order valence-electron chi connectivity index (χ3n) is 3.86. The third kappa shape index (κ3) is 2.36. The molecule has 0 aliphatic heterocycles. The van der Waals surface area contributed by atoms with E-state index in [9.17, 15) is 9.90 Å². The van der Waals surface area contributed by atoms with Crippen LogP contribution in [0.4, 0.5) is 0 Å². The first kappa shape index (κ1) is 13.3. The second-order valence-electron chi connectivity index (χ2n) is 5.87. The summed E-state index contributed by atoms with van der Waals surface area (Å²) < 4.78 is 0. The summed E-state index contributed by atoms with van der Waals surface area (Å²) in [4.78, 5) is 15.8. The zero-order valence-corrected chi connectivity index (χ0v) is 12.4. The van der Waals surface area contributed by atoms with Gasteiger partial charge in [0, 0.05) is 10.9 Å². The molecule has 0 saturated heterocycles. The van der Waals surface area contributed by atoms with Crippen molar-refractivity contribution in [3.8, 4) is 10.6 Å². The zero-order chi connectivity index (χ0) is 14.3. The molecule has 104 valence electrons. The highest BCUT2D eigenvalue weighted by molar-refractivity contribution is 7.13. The SMILES string of the molecule is CC(C)(C(=O)O)c1csc(-c2cccc(C3CC3)c2)n1. The summed E-state index contributed by atoms with van der Waals surface area (Å²) in [5, 5.41) is 12.0. The molecule has 4 heteroatoms. The lowest BCUT2D eigenvalue weighted by atomic mass is 9.90. The Kier molecular flexibility index (Phi) is 3.13. The Hall–Kier alpha value is -1.68. The van der Waals surface area contributed by atoms with Gasteiger partial charge < -0.3 is 5.11 Å². The van der Waals surface area contributed by atoms with E-state index in [0.717, 1.165) is 10.6 Å². The van der Waals surface area contributed by atoms with Gasteiger partial charge in [-0.05, 0) is 44.2 Å². The van der Waals surface area contributed by atoms with Crippen LogP contribution in [0.15, 0.2) is 29.6 Å². The standard InChI is InChI=1S/C16H17NO2S/c1-16(2,15(18)19)13-9-20-14(17-13)12-5-3-4-11(8-12)10-6-7-10/h3-5,8-10H,6-7H2,1-2H3,(H,18,19). The molecule has 1 fully saturated rings. The van der Waals surface area contributed by atoms with Gasteiger partial charge in [-0.2, -0.15) is 0 Å². The Labute approximate surface area is 122 Å². The smallest absolute Gasteiger partial charge is 0.315 e. The minimum absolute atomic E-state index is 0.627. The van der Waals surface area contributed by atoms with Gasteiger partial charge in [0.25, 0.3) is 0 Å². The molecule has 0 atom stereocenters. The van der Waals surface area contributed by atoms with Crippen molar-refractivity contribution >= 4 is 17.3 Å². The largest absolute Gasteiger partial charge is 0.481 e. The number of carbonyl (C=O) groups is 1. The first-order chi connectivity index (χ1) is 9.48. The molecule has 20 heavy (non-hydrogen) atoms. The number of hydrogen-bond donors (Lipinski definition) is 1. The molecule has 1 N–H and O–H groups in total. The van der Waals surface area contributed by atoms with Crippen LogP contribution in [0.2, 0.25) is 0 Å². The highest BCUT2D eigenvalue weighted by Crippen LogP contribution is 2.41. The minimum atomic E-state index is -0.942. The van der Waals surface area contributed by atoms with Crippen LogP contribution in [0.3, 0.4) is 0 Å². The molecule has 1 saturated carbocycles. The summed E-state index contributed by atoms with van der Waals surface area (Å²) in [5.74, 6) is -0.133. The first-order valence-electron chi connectivity index (χ1n) is 6.78. The maximum atomic E-state index is 11.3. The highest BCUT2D eigenvalue weighted by Gasteiger charge is 2.32. The molecule has 1 aliphatic rings. The second kappa shape index (κ2) is 4.70. The predicted molar refractivity (Wildman–Crippen MR) is 80.2 cm³/mol. The Morgan fingerprint density at radius 1 is 1.40 bits per heavy atom. The number of carboxylic acids is 1. The van der Waals surface area contributed by atoms with E-state index in [0.29, 0.717) is 11.6 Å². The third-order valence-corrected chi connectivity index (χ3v) is 4.75. The molecule has 3 rings (SSSR count). The number of nitrogens with zero attached hydrogens (tertiary/aromatic N) is 1. The molecule has 1 aliphatic carbocycles. The number of hydrogen-bond acceptors (Lipinski definition) is 3. The van der Waals surface area contributed by atoms with Crippen LogP contribution >= 0.6 is 11.3 Å². The molecule has 1 heterocycles. The van der Waals surface area contributed by atoms with Crippen molar-refractivity contribution in [2.45, 2.75) is 38.0 Å². The quantitative estimate of drug-likeness (QED) is 0.923. The van der Waals surface area contributed by atoms with Crippen LogP contribution in [0.5, 0.6) is 0 Å². The molecule has 0 unspecified atom stereocenters. The molecular formula is C16H17NO2S. The number of aromatic nitrogens is 1. The van der Waals surface area contributed by atoms with Gasteiger partial charge in [0.15, 0.2) is 0 Å². The summed E-state index contributed by atoms with van der Waals surface area (Å²) in [6.45, 7) is 3.38. The fraction of sp³-hybridized carbons (Fsp3) is 0.375. The topological polar surface area (TPSA) is 50.2 Å². The lowest BCUT2D eigenvalue weighted by Crippen LogP contribution is -2.28. The van der Waals surface area contributed by atoms with Crippen molar-refractivity contribution in [3.05, 3.63) is 40.9 Å². The van der Waals surface area contributed by atoms with E-state index in [4.69, 9.17) is 0 Å². The van der Waals surface area contributed by atoms with Crippen molar-refractivity contribution in [2.75, 3.05) is 0 Å². The Morgan fingerprint density at radius 3 is 2.80 bits per heavy atom. The first-order valence-corrected chi connectivity index (χ1v) is 7.66. The van der Waals surface area contributed by atoms with E-state index in [-0.39, 0.29) is 0 Å². The normalized spacial score (nSPS) is 15.3. The van der Waals surface area contributed by atoms with Gasteiger partial charge in [-0.15, -0.1) is 11.3 Å². The predicted octanol–water partition coefficient (Wildman–Crippen LogP) is 4.05. The van der Waals surface area contributed by atoms with Crippen LogP contribution < -0.4 is 0 Å². The summed E-state index contributed by atoms with van der Waals surface area (Å²) in [7, 11) is 0. The van der Waals surface area contributed by atoms with Gasteiger partial charge >= 0.3 is 5.97 Å². The van der Waals surface area contributed by atoms with Crippen LogP contribution in [-0.4, -0.2) is 16.1 Å². The second-order valence-corrected chi connectivity index (χ2v) is 6.73. The van der Waals surface area contributed by atoms with Crippen molar-refractivity contribution < 1.29 is 9.90 Å². The average Bonchev–Trinajstić information content (AvgIpc) is 3.15. The van der Waals surface area contributed by atoms with E-state index in [1.807, 2.05) is 11.4 Å². The van der Waals surface area contributed by atoms with E-state index >= 15 is 0 Å². The fourth-order valence-corrected chi connectivity index (χ4v) is 3.13. The van der Waals surface area contributed by atoms with Gasteiger partial charge in [-0.25, -0.2) is 4.98 Å². The van der Waals surface area contributed by atoms with Crippen LogP contribution in [0.25, 0.3) is 10.6 Å². The monoisotopic (exact) mass is 287 g/mol. The zero-order valence-electron chi connectivity index (χ0n) is 11.6. The molecule has 0 amide bonds. The maximum Gasteiger partial charge on any atom is 0.315 e. The molecule has 3 nitrogen and oxygen atoms in total. The van der Waals surface area contributed by atoms with Crippen LogP contribution in [0, 0.1) is 0 Å². The van der Waals surface area contributed by atoms with E-state index in [1.54, 1.807) is 13.8 Å². The Bertz CT molecular complexity index is 656. The van der Waals surface area contributed by atoms with Crippen molar-refractivity contribution in [1.29, 1.82) is 0 Å². The fourth-order valence-electron chi connectivity index (χ4n) is 2.15. The minimum Gasteiger partial charge on any atom is -0.481 e. The van der Waals surface area contributed by atoms with Crippen LogP contribution in [-0.2, 0) is 10.2 Å². The summed E-state index contributed by atoms with van der Waals surface area (Å²) in [6.07, 6.45) is 2.55. The number of thiazole rings is 1. The number of aliphatic carboxylic acids is 1. The van der Waals surface area contributed by atoms with Crippen molar-refractivity contribution in [3.63, 3.8) is 0 Å². The summed E-state index contributed by atoms with van der Waals surface area (Å²) >= 11 is 1.51. The van der Waals surface area contributed by atoms with Crippen molar-refractivity contribution in [2.24, 2.45) is 0 Å². The molecule has 2 aromatic rings. The van der Waals surface area contributed by atoms with Gasteiger partial charge in [0.1, 0.15) is 10.4 Å². The number of benzene rings is 1. The lowest BCUT2D eigenvalue weighted by Gasteiger charge is -2.15. The highest BCUT2D eigenvalue weighted by atomic mass is 32.1. The van der Waals surface area contributed by atoms with Gasteiger partial charge in [-0.1, -0.05) is 18.2 Å². The van der Waals surface area contributed by atoms with E-state index < -0.39 is 11.4 Å². The van der Waals surface area contributed by atoms with E-state index in [2.05, 4.69) is 23.2 Å². The van der Waals surface area contributed by atoms with E-state index in [1.165, 1.54) is 29.7 Å². The molecule has 0 radical (unpaired) electrons. The summed E-state index contributed by atoms with van der Waals surface area (Å²) in [5.41, 5.74) is 2.15. The van der Waals surface area contributed by atoms with Crippen LogP contribution in [0.1, 0.15) is 43.9 Å². The number of carboxylic acid groups (broad SMARTS) is 1. The molecule has 1 aromatic heterocycles. The van der Waals surface area contributed by atoms with Gasteiger partial charge in [0.2, 0.25) is 0 Å². The Morgan fingerprint density at radius 2 is 2.15 bits per heavy atom. The maximum absolute atomic E-state index is 11.3. The van der Waals surface area contributed by atoms with Gasteiger partial charge in [0.05, 0.1) is 5.69 Å². The number of rotatable bonds is 4. The lowest BCUT2D eigenvalue weighted by molar-refractivity contribution is -0.142. The molecule has 1 aromatic carbocycles. The Balaban J connectivity index is 1.93. The molecular weight excluding hydrogens is 270 g/mol. The van der Waals surface area contributed by atoms with Gasteiger partial charge in [-0.3, -0.25) is 4.79 Å². The summed E-state index contributed by atoms with van der Waals surface area (Å²) in [6, 6.07) is 8.46. The average molecular weight is 287 g/mol.